The summed E-state index contributed by atoms with van der Waals surface area (Å²) in [5.74, 6) is 1.57. The minimum atomic E-state index is 0.520. The van der Waals surface area contributed by atoms with Crippen molar-refractivity contribution in [1.82, 2.24) is 20.1 Å². The minimum Gasteiger partial charge on any atom is -0.381 e. The summed E-state index contributed by atoms with van der Waals surface area (Å²) < 4.78 is 7.12. The first-order valence-corrected chi connectivity index (χ1v) is 5.91. The van der Waals surface area contributed by atoms with Crippen molar-refractivity contribution in [3.63, 3.8) is 0 Å². The highest BCUT2D eigenvalue weighted by Crippen LogP contribution is 2.16. The Labute approximate surface area is 96.2 Å². The van der Waals surface area contributed by atoms with Crippen LogP contribution in [0.2, 0.25) is 0 Å². The molecule has 0 radical (unpaired) electrons. The van der Waals surface area contributed by atoms with Gasteiger partial charge < -0.3 is 10.1 Å². The van der Waals surface area contributed by atoms with Crippen molar-refractivity contribution in [2.45, 2.75) is 25.8 Å². The summed E-state index contributed by atoms with van der Waals surface area (Å²) >= 11 is 0. The van der Waals surface area contributed by atoms with E-state index >= 15 is 0 Å². The number of aryl methyl sites for hydroxylation is 1. The number of nitrogens with one attached hydrogen (secondary N) is 1. The summed E-state index contributed by atoms with van der Waals surface area (Å²) in [4.78, 5) is 4.20. The van der Waals surface area contributed by atoms with E-state index in [1.165, 1.54) is 6.42 Å². The maximum Gasteiger partial charge on any atom is 0.151 e. The summed E-state index contributed by atoms with van der Waals surface area (Å²) in [6.45, 7) is 4.97. The number of rotatable bonds is 5. The van der Waals surface area contributed by atoms with Crippen LogP contribution in [0.3, 0.4) is 0 Å². The Kier molecular flexibility index (Phi) is 3.90. The first kappa shape index (κ1) is 11.5. The number of aromatic nitrogens is 3. The van der Waals surface area contributed by atoms with Crippen LogP contribution in [0, 0.1) is 5.92 Å². The van der Waals surface area contributed by atoms with E-state index in [0.717, 1.165) is 32.0 Å². The molecule has 1 aliphatic rings. The number of nitrogens with zero attached hydrogens (tertiary/aromatic N) is 3. The molecule has 0 spiro atoms. The van der Waals surface area contributed by atoms with Gasteiger partial charge in [0, 0.05) is 32.7 Å². The first-order valence-electron chi connectivity index (χ1n) is 5.91. The molecule has 1 aromatic rings. The van der Waals surface area contributed by atoms with Crippen LogP contribution in [0.15, 0.2) is 6.33 Å². The normalized spacial score (nSPS) is 22.5. The average Bonchev–Trinajstić information content (AvgIpc) is 2.89. The molecule has 2 heterocycles. The van der Waals surface area contributed by atoms with Gasteiger partial charge in [0.25, 0.3) is 0 Å². The fourth-order valence-electron chi connectivity index (χ4n) is 2.02. The first-order chi connectivity index (χ1) is 7.75. The molecule has 1 N–H and O–H groups in total. The molecular weight excluding hydrogens is 204 g/mol. The van der Waals surface area contributed by atoms with Gasteiger partial charge >= 0.3 is 0 Å². The summed E-state index contributed by atoms with van der Waals surface area (Å²) in [6, 6.07) is 0.520. The van der Waals surface area contributed by atoms with Crippen LogP contribution in [-0.2, 0) is 18.2 Å². The molecule has 90 valence electrons. The highest BCUT2D eigenvalue weighted by Gasteiger charge is 2.21. The molecule has 1 aromatic heterocycles. The number of hydrogen-bond donors (Lipinski definition) is 1. The lowest BCUT2D eigenvalue weighted by Gasteiger charge is -2.18. The smallest absolute Gasteiger partial charge is 0.151 e. The van der Waals surface area contributed by atoms with E-state index in [1.807, 2.05) is 7.05 Å². The van der Waals surface area contributed by atoms with Gasteiger partial charge in [-0.25, -0.2) is 4.98 Å². The quantitative estimate of drug-likeness (QED) is 0.785. The predicted molar refractivity (Wildman–Crippen MR) is 61.1 cm³/mol. The van der Waals surface area contributed by atoms with Gasteiger partial charge in [0.1, 0.15) is 6.33 Å². The Bertz CT molecular complexity index is 320. The van der Waals surface area contributed by atoms with E-state index in [0.29, 0.717) is 12.0 Å². The van der Waals surface area contributed by atoms with E-state index in [4.69, 9.17) is 4.74 Å². The van der Waals surface area contributed by atoms with Crippen molar-refractivity contribution in [3.8, 4) is 0 Å². The second kappa shape index (κ2) is 5.41. The largest absolute Gasteiger partial charge is 0.381 e. The van der Waals surface area contributed by atoms with Crippen LogP contribution in [-0.4, -0.2) is 40.6 Å². The molecule has 1 fully saturated rings. The molecule has 5 heteroatoms. The molecule has 1 saturated heterocycles. The third kappa shape index (κ3) is 3.02. The van der Waals surface area contributed by atoms with Gasteiger partial charge in [0.05, 0.1) is 6.61 Å². The highest BCUT2D eigenvalue weighted by atomic mass is 16.5. The molecule has 2 unspecified atom stereocenters. The van der Waals surface area contributed by atoms with E-state index in [2.05, 4.69) is 22.3 Å². The molecular formula is C11H20N4O. The van der Waals surface area contributed by atoms with Crippen molar-refractivity contribution < 1.29 is 4.74 Å². The topological polar surface area (TPSA) is 52.0 Å². The Morgan fingerprint density at radius 1 is 1.69 bits per heavy atom. The van der Waals surface area contributed by atoms with Crippen LogP contribution in [0.5, 0.6) is 0 Å². The summed E-state index contributed by atoms with van der Waals surface area (Å²) in [5, 5.41) is 7.76. The second-order valence-corrected chi connectivity index (χ2v) is 4.45. The van der Waals surface area contributed by atoms with Crippen molar-refractivity contribution >= 4 is 0 Å². The van der Waals surface area contributed by atoms with Crippen LogP contribution < -0.4 is 5.32 Å². The zero-order valence-electron chi connectivity index (χ0n) is 10.0. The fraction of sp³-hybridized carbons (Fsp3) is 0.818. The molecule has 0 bridgehead atoms. The summed E-state index contributed by atoms with van der Waals surface area (Å²) in [7, 11) is 1.89. The van der Waals surface area contributed by atoms with Crippen LogP contribution >= 0.6 is 0 Å². The van der Waals surface area contributed by atoms with Crippen molar-refractivity contribution in [2.24, 2.45) is 13.0 Å². The number of ether oxygens (including phenoxy) is 1. The van der Waals surface area contributed by atoms with E-state index in [-0.39, 0.29) is 0 Å². The third-order valence-electron chi connectivity index (χ3n) is 3.13. The van der Waals surface area contributed by atoms with Gasteiger partial charge in [-0.2, -0.15) is 5.10 Å². The van der Waals surface area contributed by atoms with Gasteiger partial charge in [-0.3, -0.25) is 4.68 Å². The lowest BCUT2D eigenvalue weighted by molar-refractivity contribution is 0.178. The molecule has 0 aliphatic carbocycles. The number of hydrogen-bond acceptors (Lipinski definition) is 4. The zero-order valence-corrected chi connectivity index (χ0v) is 10.0. The van der Waals surface area contributed by atoms with E-state index in [9.17, 15) is 0 Å². The van der Waals surface area contributed by atoms with Gasteiger partial charge in [-0.15, -0.1) is 0 Å². The molecule has 5 nitrogen and oxygen atoms in total. The Morgan fingerprint density at radius 3 is 3.19 bits per heavy atom. The van der Waals surface area contributed by atoms with Gasteiger partial charge in [-0.1, -0.05) is 0 Å². The standard InChI is InChI=1S/C11H20N4O/c1-9(10-4-6-16-7-10)12-5-3-11-13-8-15(2)14-11/h8-10,12H,3-7H2,1-2H3. The SMILES string of the molecule is CC(NCCc1ncn(C)n1)C1CCOC1. The highest BCUT2D eigenvalue weighted by molar-refractivity contribution is 4.83. The average molecular weight is 224 g/mol. The molecule has 1 aliphatic heterocycles. The van der Waals surface area contributed by atoms with Crippen LogP contribution in [0.4, 0.5) is 0 Å². The Morgan fingerprint density at radius 2 is 2.56 bits per heavy atom. The maximum absolute atomic E-state index is 5.38. The fourth-order valence-corrected chi connectivity index (χ4v) is 2.02. The molecule has 0 saturated carbocycles. The van der Waals surface area contributed by atoms with Crippen LogP contribution in [0.1, 0.15) is 19.2 Å². The predicted octanol–water partition coefficient (Wildman–Crippen LogP) is 0.372. The monoisotopic (exact) mass is 224 g/mol. The summed E-state index contributed by atoms with van der Waals surface area (Å²) in [6.07, 6.45) is 3.80. The Hall–Kier alpha value is -0.940. The van der Waals surface area contributed by atoms with E-state index < -0.39 is 0 Å². The van der Waals surface area contributed by atoms with Crippen molar-refractivity contribution in [1.29, 1.82) is 0 Å². The lowest BCUT2D eigenvalue weighted by atomic mass is 10.0. The van der Waals surface area contributed by atoms with Crippen molar-refractivity contribution in [2.75, 3.05) is 19.8 Å². The zero-order chi connectivity index (χ0) is 11.4. The minimum absolute atomic E-state index is 0.520. The second-order valence-electron chi connectivity index (χ2n) is 4.45. The molecule has 0 aromatic carbocycles. The molecule has 2 rings (SSSR count). The Balaban J connectivity index is 1.67. The van der Waals surface area contributed by atoms with Gasteiger partial charge in [0.2, 0.25) is 0 Å². The van der Waals surface area contributed by atoms with Crippen LogP contribution in [0.25, 0.3) is 0 Å². The van der Waals surface area contributed by atoms with E-state index in [1.54, 1.807) is 11.0 Å². The lowest BCUT2D eigenvalue weighted by Crippen LogP contribution is -2.35. The molecule has 2 atom stereocenters. The van der Waals surface area contributed by atoms with Gasteiger partial charge in [0.15, 0.2) is 5.82 Å². The maximum atomic E-state index is 5.38. The molecule has 0 amide bonds. The van der Waals surface area contributed by atoms with Crippen molar-refractivity contribution in [3.05, 3.63) is 12.2 Å². The summed E-state index contributed by atoms with van der Waals surface area (Å²) in [5.41, 5.74) is 0. The van der Waals surface area contributed by atoms with Gasteiger partial charge in [-0.05, 0) is 19.3 Å². The third-order valence-corrected chi connectivity index (χ3v) is 3.13. The molecule has 16 heavy (non-hydrogen) atoms.